The predicted octanol–water partition coefficient (Wildman–Crippen LogP) is 2.29. The standard InChI is InChI=1S/C19H28N6O3S/c1-11-7-8-14(12(2)9-11)28-10-15-23-24-18(25(15)20)29-13(3)16(26)21-17(27)22-19(4,5)6/h7-9,13H,10,20H2,1-6H3,(H2,21,22,26,27)/t13-/m1/s1. The van der Waals surface area contributed by atoms with Crippen LogP contribution >= 0.6 is 11.8 Å². The van der Waals surface area contributed by atoms with Gasteiger partial charge in [0.2, 0.25) is 11.1 Å². The van der Waals surface area contributed by atoms with Crippen LogP contribution in [0.25, 0.3) is 0 Å². The van der Waals surface area contributed by atoms with E-state index in [1.807, 2.05) is 52.8 Å². The average molecular weight is 421 g/mol. The third-order valence-corrected chi connectivity index (χ3v) is 4.86. The summed E-state index contributed by atoms with van der Waals surface area (Å²) in [4.78, 5) is 24.1. The number of urea groups is 1. The lowest BCUT2D eigenvalue weighted by Crippen LogP contribution is -2.49. The summed E-state index contributed by atoms with van der Waals surface area (Å²) < 4.78 is 7.06. The van der Waals surface area contributed by atoms with Gasteiger partial charge in [-0.15, -0.1) is 10.2 Å². The third kappa shape index (κ3) is 6.67. The van der Waals surface area contributed by atoms with Gasteiger partial charge in [0.25, 0.3) is 0 Å². The molecule has 29 heavy (non-hydrogen) atoms. The zero-order chi connectivity index (χ0) is 21.8. The van der Waals surface area contributed by atoms with Gasteiger partial charge in [0.15, 0.2) is 5.82 Å². The van der Waals surface area contributed by atoms with Gasteiger partial charge in [-0.1, -0.05) is 29.5 Å². The number of nitrogens with one attached hydrogen (secondary N) is 2. The van der Waals surface area contributed by atoms with Gasteiger partial charge in [0.05, 0.1) is 5.25 Å². The molecule has 4 N–H and O–H groups in total. The van der Waals surface area contributed by atoms with Crippen molar-refractivity contribution in [2.45, 2.75) is 64.1 Å². The molecule has 2 rings (SSSR count). The number of hydrogen-bond acceptors (Lipinski definition) is 7. The van der Waals surface area contributed by atoms with Crippen molar-refractivity contribution in [1.29, 1.82) is 0 Å². The molecule has 0 spiro atoms. The molecule has 0 fully saturated rings. The molecule has 1 aromatic carbocycles. The van der Waals surface area contributed by atoms with Gasteiger partial charge in [-0.25, -0.2) is 9.47 Å². The molecule has 0 saturated heterocycles. The molecule has 0 radical (unpaired) electrons. The van der Waals surface area contributed by atoms with E-state index < -0.39 is 22.7 Å². The number of ether oxygens (including phenoxy) is 1. The second-order valence-corrected chi connectivity index (χ2v) is 9.09. The van der Waals surface area contributed by atoms with Gasteiger partial charge in [-0.2, -0.15) is 0 Å². The summed E-state index contributed by atoms with van der Waals surface area (Å²) in [5, 5.41) is 12.8. The lowest BCUT2D eigenvalue weighted by Gasteiger charge is -2.21. The number of nitrogen functional groups attached to an aromatic ring is 1. The molecular weight excluding hydrogens is 392 g/mol. The molecule has 1 atom stereocenters. The molecule has 0 aliphatic heterocycles. The van der Waals surface area contributed by atoms with E-state index >= 15 is 0 Å². The SMILES string of the molecule is Cc1ccc(OCc2nnc(S[C@H](C)C(=O)NC(=O)NC(C)(C)C)n2N)c(C)c1. The number of aromatic nitrogens is 3. The van der Waals surface area contributed by atoms with Gasteiger partial charge in [-0.3, -0.25) is 10.1 Å². The number of carbonyl (C=O) groups is 2. The van der Waals surface area contributed by atoms with Crippen molar-refractivity contribution >= 4 is 23.7 Å². The minimum atomic E-state index is -0.597. The van der Waals surface area contributed by atoms with E-state index in [-0.39, 0.29) is 6.61 Å². The first-order valence-corrected chi connectivity index (χ1v) is 10.0. The van der Waals surface area contributed by atoms with E-state index in [0.717, 1.165) is 28.6 Å². The van der Waals surface area contributed by atoms with E-state index in [4.69, 9.17) is 10.6 Å². The molecule has 3 amide bonds. The highest BCUT2D eigenvalue weighted by Gasteiger charge is 2.22. The Morgan fingerprint density at radius 3 is 2.59 bits per heavy atom. The minimum Gasteiger partial charge on any atom is -0.485 e. The quantitative estimate of drug-likeness (QED) is 0.484. The van der Waals surface area contributed by atoms with E-state index in [1.54, 1.807) is 6.92 Å². The third-order valence-electron chi connectivity index (χ3n) is 3.80. The van der Waals surface area contributed by atoms with Crippen LogP contribution in [0, 0.1) is 13.8 Å². The van der Waals surface area contributed by atoms with Crippen LogP contribution in [0.3, 0.4) is 0 Å². The Morgan fingerprint density at radius 2 is 1.97 bits per heavy atom. The lowest BCUT2D eigenvalue weighted by molar-refractivity contribution is -0.119. The number of benzene rings is 1. The van der Waals surface area contributed by atoms with Gasteiger partial charge in [-0.05, 0) is 53.2 Å². The molecule has 0 aliphatic carbocycles. The van der Waals surface area contributed by atoms with Crippen LogP contribution < -0.4 is 21.2 Å². The monoisotopic (exact) mass is 420 g/mol. The van der Waals surface area contributed by atoms with Crippen LogP contribution in [0.1, 0.15) is 44.6 Å². The van der Waals surface area contributed by atoms with Crippen molar-refractivity contribution < 1.29 is 14.3 Å². The van der Waals surface area contributed by atoms with E-state index in [2.05, 4.69) is 20.8 Å². The molecule has 1 heterocycles. The molecule has 1 aromatic heterocycles. The van der Waals surface area contributed by atoms with Crippen molar-refractivity contribution in [3.63, 3.8) is 0 Å². The minimum absolute atomic E-state index is 0.141. The Kier molecular flexibility index (Phi) is 7.12. The van der Waals surface area contributed by atoms with Gasteiger partial charge in [0.1, 0.15) is 12.4 Å². The van der Waals surface area contributed by atoms with E-state index in [0.29, 0.717) is 11.0 Å². The van der Waals surface area contributed by atoms with Crippen molar-refractivity contribution in [1.82, 2.24) is 25.5 Å². The summed E-state index contributed by atoms with van der Waals surface area (Å²) >= 11 is 1.10. The Morgan fingerprint density at radius 1 is 1.28 bits per heavy atom. The summed E-state index contributed by atoms with van der Waals surface area (Å²) in [5.41, 5.74) is 1.73. The van der Waals surface area contributed by atoms with Crippen LogP contribution in [0.15, 0.2) is 23.4 Å². The molecule has 0 bridgehead atoms. The number of carbonyl (C=O) groups excluding carboxylic acids is 2. The fraction of sp³-hybridized carbons (Fsp3) is 0.474. The van der Waals surface area contributed by atoms with Crippen LogP contribution in [0.5, 0.6) is 5.75 Å². The van der Waals surface area contributed by atoms with E-state index in [1.165, 1.54) is 4.68 Å². The molecule has 158 valence electrons. The maximum atomic E-state index is 12.2. The van der Waals surface area contributed by atoms with Crippen molar-refractivity contribution in [3.8, 4) is 5.75 Å². The van der Waals surface area contributed by atoms with Crippen LogP contribution in [-0.4, -0.2) is 37.6 Å². The van der Waals surface area contributed by atoms with Gasteiger partial charge in [0, 0.05) is 5.54 Å². The Labute approximate surface area is 174 Å². The van der Waals surface area contributed by atoms with Gasteiger partial charge < -0.3 is 15.9 Å². The molecule has 2 aromatic rings. The molecular formula is C19H28N6O3S. The number of rotatable bonds is 6. The highest BCUT2D eigenvalue weighted by Crippen LogP contribution is 2.23. The van der Waals surface area contributed by atoms with Crippen molar-refractivity contribution in [2.24, 2.45) is 0 Å². The summed E-state index contributed by atoms with van der Waals surface area (Å²) in [6, 6.07) is 5.34. The van der Waals surface area contributed by atoms with Crippen LogP contribution in [-0.2, 0) is 11.4 Å². The summed E-state index contributed by atoms with van der Waals surface area (Å²) in [6.07, 6.45) is 0. The number of nitrogens with two attached hydrogens (primary N) is 1. The molecule has 0 aliphatic rings. The van der Waals surface area contributed by atoms with E-state index in [9.17, 15) is 9.59 Å². The zero-order valence-corrected chi connectivity index (χ0v) is 18.4. The Bertz CT molecular complexity index is 891. The predicted molar refractivity (Wildman–Crippen MR) is 112 cm³/mol. The second kappa shape index (κ2) is 9.17. The number of thioether (sulfide) groups is 1. The summed E-state index contributed by atoms with van der Waals surface area (Å²) in [5.74, 6) is 6.75. The molecule has 0 saturated carbocycles. The molecule has 9 nitrogen and oxygen atoms in total. The maximum absolute atomic E-state index is 12.2. The van der Waals surface area contributed by atoms with Crippen molar-refractivity contribution in [3.05, 3.63) is 35.2 Å². The first-order valence-electron chi connectivity index (χ1n) is 9.15. The normalized spacial score (nSPS) is 12.3. The fourth-order valence-corrected chi connectivity index (χ4v) is 3.18. The number of hydrogen-bond donors (Lipinski definition) is 3. The van der Waals surface area contributed by atoms with Crippen LogP contribution in [0.2, 0.25) is 0 Å². The number of nitrogens with zero attached hydrogens (tertiary/aromatic N) is 3. The fourth-order valence-electron chi connectivity index (χ4n) is 2.39. The second-order valence-electron chi connectivity index (χ2n) is 7.78. The molecule has 10 heteroatoms. The topological polar surface area (TPSA) is 124 Å². The van der Waals surface area contributed by atoms with Crippen LogP contribution in [0.4, 0.5) is 4.79 Å². The Hall–Kier alpha value is -2.75. The number of amides is 3. The van der Waals surface area contributed by atoms with Crippen molar-refractivity contribution in [2.75, 3.05) is 5.84 Å². The highest BCUT2D eigenvalue weighted by molar-refractivity contribution is 8.00. The summed E-state index contributed by atoms with van der Waals surface area (Å²) in [6.45, 7) is 11.3. The lowest BCUT2D eigenvalue weighted by atomic mass is 10.1. The number of imide groups is 1. The smallest absolute Gasteiger partial charge is 0.321 e. The largest absolute Gasteiger partial charge is 0.485 e. The first-order chi connectivity index (χ1) is 13.5. The summed E-state index contributed by atoms with van der Waals surface area (Å²) in [7, 11) is 0. The highest BCUT2D eigenvalue weighted by atomic mass is 32.2. The zero-order valence-electron chi connectivity index (χ0n) is 17.6. The number of aryl methyl sites for hydroxylation is 2. The van der Waals surface area contributed by atoms with Gasteiger partial charge >= 0.3 is 6.03 Å². The molecule has 0 unspecified atom stereocenters. The maximum Gasteiger partial charge on any atom is 0.321 e. The first kappa shape index (κ1) is 22.5. The Balaban J connectivity index is 1.94. The average Bonchev–Trinajstić information content (AvgIpc) is 2.92.